The Morgan fingerprint density at radius 2 is 1.88 bits per heavy atom. The number of carbonyl (C=O) groups excluding carboxylic acids is 2. The maximum atomic E-state index is 12.4. The zero-order valence-electron chi connectivity index (χ0n) is 13.3. The number of carbonyl (C=O) groups is 2. The lowest BCUT2D eigenvalue weighted by Gasteiger charge is -2.09. The Morgan fingerprint density at radius 1 is 1.08 bits per heavy atom. The van der Waals surface area contributed by atoms with Crippen molar-refractivity contribution < 1.29 is 9.59 Å². The van der Waals surface area contributed by atoms with E-state index in [1.165, 1.54) is 0 Å². The molecule has 0 bridgehead atoms. The third-order valence-corrected chi connectivity index (χ3v) is 4.39. The lowest BCUT2D eigenvalue weighted by atomic mass is 10.2. The predicted octanol–water partition coefficient (Wildman–Crippen LogP) is 4.77. The van der Waals surface area contributed by atoms with E-state index in [-0.39, 0.29) is 24.7 Å². The number of aromatic nitrogens is 1. The maximum Gasteiger partial charge on any atom is 0.231 e. The topological polar surface area (TPSA) is 51.1 Å². The van der Waals surface area contributed by atoms with Crippen LogP contribution in [-0.4, -0.2) is 16.4 Å². The molecule has 5 heteroatoms. The van der Waals surface area contributed by atoms with Crippen LogP contribution in [0.2, 0.25) is 0 Å². The van der Waals surface area contributed by atoms with Crippen LogP contribution in [0.25, 0.3) is 10.9 Å². The molecule has 0 aliphatic heterocycles. The molecule has 3 rings (SSSR count). The zero-order chi connectivity index (χ0) is 17.1. The molecule has 0 aliphatic rings. The minimum absolute atomic E-state index is 0.0844. The largest absolute Gasteiger partial charge is 0.326 e. The lowest BCUT2D eigenvalue weighted by Crippen LogP contribution is -2.16. The molecule has 0 radical (unpaired) electrons. The van der Waals surface area contributed by atoms with Gasteiger partial charge in [0.2, 0.25) is 11.8 Å². The van der Waals surface area contributed by atoms with Crippen molar-refractivity contribution >= 4 is 44.3 Å². The Hall–Kier alpha value is -2.40. The molecule has 0 unspecified atom stereocenters. The second kappa shape index (κ2) is 7.01. The maximum absolute atomic E-state index is 12.4. The fraction of sp³-hybridized carbons (Fsp3) is 0.158. The van der Waals surface area contributed by atoms with E-state index in [1.54, 1.807) is 10.8 Å². The van der Waals surface area contributed by atoms with Crippen molar-refractivity contribution in [2.45, 2.75) is 19.8 Å². The second-order valence-corrected chi connectivity index (χ2v) is 6.56. The predicted molar refractivity (Wildman–Crippen MR) is 99.3 cm³/mol. The van der Waals surface area contributed by atoms with Gasteiger partial charge in [-0.1, -0.05) is 34.1 Å². The molecule has 1 amide bonds. The summed E-state index contributed by atoms with van der Waals surface area (Å²) < 4.78 is 2.57. The minimum atomic E-state index is -0.162. The molecule has 1 aromatic heterocycles. The molecular formula is C19H17BrN2O2. The summed E-state index contributed by atoms with van der Waals surface area (Å²) in [6.45, 7) is 1.93. The molecule has 3 aromatic rings. The summed E-state index contributed by atoms with van der Waals surface area (Å²) in [5.41, 5.74) is 2.61. The molecule has 0 fully saturated rings. The Balaban J connectivity index is 1.62. The first kappa shape index (κ1) is 16.5. The van der Waals surface area contributed by atoms with Gasteiger partial charge < -0.3 is 5.32 Å². The molecule has 0 atom stereocenters. The van der Waals surface area contributed by atoms with Gasteiger partial charge in [0.1, 0.15) is 0 Å². The summed E-state index contributed by atoms with van der Waals surface area (Å²) in [5.74, 6) is -0.246. The van der Waals surface area contributed by atoms with Gasteiger partial charge in [-0.05, 0) is 42.8 Å². The molecule has 122 valence electrons. The molecule has 1 N–H and O–H groups in total. The van der Waals surface area contributed by atoms with Crippen LogP contribution >= 0.6 is 15.9 Å². The first-order valence-electron chi connectivity index (χ1n) is 7.70. The Labute approximate surface area is 148 Å². The number of amides is 1. The number of fused-ring (bicyclic) bond motifs is 1. The highest BCUT2D eigenvalue weighted by Crippen LogP contribution is 2.20. The van der Waals surface area contributed by atoms with Gasteiger partial charge in [-0.25, -0.2) is 0 Å². The van der Waals surface area contributed by atoms with Crippen molar-refractivity contribution in [1.82, 2.24) is 4.57 Å². The highest BCUT2D eigenvalue weighted by molar-refractivity contribution is 9.10. The number of nitrogens with zero attached hydrogens (tertiary/aromatic N) is 1. The van der Waals surface area contributed by atoms with Crippen molar-refractivity contribution in [3.05, 3.63) is 64.8 Å². The van der Waals surface area contributed by atoms with Crippen molar-refractivity contribution in [3.8, 4) is 0 Å². The summed E-state index contributed by atoms with van der Waals surface area (Å²) in [6, 6.07) is 15.3. The summed E-state index contributed by atoms with van der Waals surface area (Å²) in [4.78, 5) is 24.5. The van der Waals surface area contributed by atoms with Gasteiger partial charge in [0.15, 0.2) is 0 Å². The van der Waals surface area contributed by atoms with E-state index in [4.69, 9.17) is 0 Å². The van der Waals surface area contributed by atoms with E-state index in [1.807, 2.05) is 55.5 Å². The van der Waals surface area contributed by atoms with Crippen molar-refractivity contribution in [3.63, 3.8) is 0 Å². The minimum Gasteiger partial charge on any atom is -0.326 e. The molecular weight excluding hydrogens is 368 g/mol. The van der Waals surface area contributed by atoms with Gasteiger partial charge >= 0.3 is 0 Å². The average Bonchev–Trinajstić information content (AvgIpc) is 2.99. The fourth-order valence-electron chi connectivity index (χ4n) is 2.62. The van der Waals surface area contributed by atoms with Crippen LogP contribution < -0.4 is 5.32 Å². The van der Waals surface area contributed by atoms with E-state index in [0.717, 1.165) is 26.6 Å². The lowest BCUT2D eigenvalue weighted by molar-refractivity contribution is -0.116. The van der Waals surface area contributed by atoms with Crippen LogP contribution in [0.5, 0.6) is 0 Å². The van der Waals surface area contributed by atoms with E-state index >= 15 is 0 Å². The number of hydrogen-bond donors (Lipinski definition) is 1. The third kappa shape index (κ3) is 3.57. The van der Waals surface area contributed by atoms with E-state index in [2.05, 4.69) is 21.2 Å². The first-order chi connectivity index (χ1) is 11.5. The van der Waals surface area contributed by atoms with E-state index in [9.17, 15) is 9.59 Å². The zero-order valence-corrected chi connectivity index (χ0v) is 14.8. The van der Waals surface area contributed by atoms with Crippen LogP contribution in [0, 0.1) is 6.92 Å². The van der Waals surface area contributed by atoms with Crippen LogP contribution in [-0.2, 0) is 4.79 Å². The normalized spacial score (nSPS) is 10.8. The summed E-state index contributed by atoms with van der Waals surface area (Å²) in [5, 5.41) is 3.87. The van der Waals surface area contributed by atoms with Crippen molar-refractivity contribution in [2.24, 2.45) is 0 Å². The first-order valence-corrected chi connectivity index (χ1v) is 8.49. The van der Waals surface area contributed by atoms with E-state index in [0.29, 0.717) is 0 Å². The van der Waals surface area contributed by atoms with Crippen LogP contribution in [0.15, 0.2) is 59.2 Å². The third-order valence-electron chi connectivity index (χ3n) is 3.90. The number of benzene rings is 2. The number of halogens is 1. The monoisotopic (exact) mass is 384 g/mol. The highest BCUT2D eigenvalue weighted by Gasteiger charge is 2.12. The summed E-state index contributed by atoms with van der Waals surface area (Å²) in [7, 11) is 0. The molecule has 1 heterocycles. The molecule has 4 nitrogen and oxygen atoms in total. The molecule has 0 saturated heterocycles. The smallest absolute Gasteiger partial charge is 0.231 e. The molecule has 0 aliphatic carbocycles. The highest BCUT2D eigenvalue weighted by atomic mass is 79.9. The Bertz CT molecular complexity index is 915. The number of aryl methyl sites for hydroxylation is 1. The molecule has 2 aromatic carbocycles. The SMILES string of the molecule is Cc1cc(Br)ccc1NC(=O)CCC(=O)n1ccc2ccccc21. The molecule has 0 spiro atoms. The number of nitrogens with one attached hydrogen (secondary N) is 1. The van der Waals surface area contributed by atoms with Crippen molar-refractivity contribution in [2.75, 3.05) is 5.32 Å². The van der Waals surface area contributed by atoms with Gasteiger partial charge in [-0.15, -0.1) is 0 Å². The standard InChI is InChI=1S/C19H17BrN2O2/c1-13-12-15(20)6-7-16(13)21-18(23)8-9-19(24)22-11-10-14-4-2-3-5-17(14)22/h2-7,10-12H,8-9H2,1H3,(H,21,23). The van der Waals surface area contributed by atoms with Crippen molar-refractivity contribution in [1.29, 1.82) is 0 Å². The summed E-state index contributed by atoms with van der Waals surface area (Å²) in [6.07, 6.45) is 2.07. The average molecular weight is 385 g/mol. The second-order valence-electron chi connectivity index (χ2n) is 5.65. The number of anilines is 1. The fourth-order valence-corrected chi connectivity index (χ4v) is 3.10. The van der Waals surface area contributed by atoms with Gasteiger partial charge in [-0.3, -0.25) is 14.2 Å². The summed E-state index contributed by atoms with van der Waals surface area (Å²) >= 11 is 3.39. The Morgan fingerprint density at radius 3 is 2.67 bits per heavy atom. The van der Waals surface area contributed by atoms with Crippen LogP contribution in [0.3, 0.4) is 0 Å². The van der Waals surface area contributed by atoms with Gasteiger partial charge in [0, 0.05) is 34.6 Å². The van der Waals surface area contributed by atoms with Crippen LogP contribution in [0.1, 0.15) is 23.2 Å². The van der Waals surface area contributed by atoms with Gasteiger partial charge in [-0.2, -0.15) is 0 Å². The number of para-hydroxylation sites is 1. The van der Waals surface area contributed by atoms with E-state index < -0.39 is 0 Å². The van der Waals surface area contributed by atoms with Gasteiger partial charge in [0.25, 0.3) is 0 Å². The Kier molecular flexibility index (Phi) is 4.81. The van der Waals surface area contributed by atoms with Gasteiger partial charge in [0.05, 0.1) is 5.52 Å². The number of rotatable bonds is 4. The number of hydrogen-bond acceptors (Lipinski definition) is 2. The van der Waals surface area contributed by atoms with Crippen LogP contribution in [0.4, 0.5) is 5.69 Å². The molecule has 0 saturated carbocycles. The molecule has 24 heavy (non-hydrogen) atoms. The quantitative estimate of drug-likeness (QED) is 0.703.